The summed E-state index contributed by atoms with van der Waals surface area (Å²) >= 11 is 3.49. The lowest BCUT2D eigenvalue weighted by Crippen LogP contribution is -2.26. The molecule has 19 heavy (non-hydrogen) atoms. The van der Waals surface area contributed by atoms with Crippen LogP contribution in [0.25, 0.3) is 0 Å². The normalized spacial score (nSPS) is 11.5. The summed E-state index contributed by atoms with van der Waals surface area (Å²) in [6, 6.07) is 3.76. The minimum Gasteiger partial charge on any atom is -0.495 e. The van der Waals surface area contributed by atoms with Crippen LogP contribution in [0.4, 0.5) is 0 Å². The van der Waals surface area contributed by atoms with Crippen molar-refractivity contribution in [2.45, 2.75) is 45.1 Å². The number of hydrogen-bond donors (Lipinski definition) is 1. The zero-order chi connectivity index (χ0) is 14.5. The summed E-state index contributed by atoms with van der Waals surface area (Å²) in [5.41, 5.74) is -0.0183. The van der Waals surface area contributed by atoms with E-state index in [1.165, 1.54) is 0 Å². The zero-order valence-electron chi connectivity index (χ0n) is 12.1. The van der Waals surface area contributed by atoms with E-state index in [1.54, 1.807) is 14.2 Å². The van der Waals surface area contributed by atoms with Gasteiger partial charge in [0.15, 0.2) is 0 Å². The molecule has 0 aromatic heterocycles. The number of ether oxygens (including phenoxy) is 2. The van der Waals surface area contributed by atoms with Crippen molar-refractivity contribution in [1.82, 2.24) is 0 Å². The Bertz CT molecular complexity index is 412. The summed E-state index contributed by atoms with van der Waals surface area (Å²) in [5, 5.41) is 10.9. The van der Waals surface area contributed by atoms with Crippen LogP contribution < -0.4 is 9.47 Å². The molecule has 0 aliphatic heterocycles. The lowest BCUT2D eigenvalue weighted by atomic mass is 9.84. The number of benzene rings is 1. The van der Waals surface area contributed by atoms with Crippen LogP contribution >= 0.6 is 15.9 Å². The van der Waals surface area contributed by atoms with Gasteiger partial charge in [0.05, 0.1) is 19.8 Å². The van der Waals surface area contributed by atoms with E-state index in [4.69, 9.17) is 9.47 Å². The first-order chi connectivity index (χ1) is 9.03. The summed E-state index contributed by atoms with van der Waals surface area (Å²) in [6.07, 6.45) is 3.28. The lowest BCUT2D eigenvalue weighted by Gasteiger charge is -2.30. The number of aliphatic hydroxyl groups is 1. The molecule has 0 spiro atoms. The Labute approximate surface area is 124 Å². The molecule has 0 heterocycles. The van der Waals surface area contributed by atoms with E-state index in [1.807, 2.05) is 12.1 Å². The molecular weight excluding hydrogens is 308 g/mol. The zero-order valence-corrected chi connectivity index (χ0v) is 13.7. The van der Waals surface area contributed by atoms with Gasteiger partial charge in [0.25, 0.3) is 0 Å². The maximum absolute atomic E-state index is 10.9. The van der Waals surface area contributed by atoms with Gasteiger partial charge in [-0.3, -0.25) is 0 Å². The average Bonchev–Trinajstić information content (AvgIpc) is 2.38. The van der Waals surface area contributed by atoms with Gasteiger partial charge in [-0.1, -0.05) is 26.7 Å². The minimum absolute atomic E-state index is 0.656. The number of methoxy groups -OCH3 is 2. The first-order valence-electron chi connectivity index (χ1n) is 6.67. The van der Waals surface area contributed by atoms with E-state index in [0.717, 1.165) is 35.7 Å². The summed E-state index contributed by atoms with van der Waals surface area (Å²) < 4.78 is 11.5. The third-order valence-electron chi connectivity index (χ3n) is 3.31. The Morgan fingerprint density at radius 1 is 1.11 bits per heavy atom. The number of rotatable bonds is 7. The standard InChI is InChI=1S/C15H23BrO3/c1-5-9-15(17,10-6-2)11-7-8-12(18-3)13(16)14(11)19-4/h7-8,17H,5-6,9-10H2,1-4H3. The highest BCUT2D eigenvalue weighted by Crippen LogP contribution is 2.44. The molecule has 1 aromatic rings. The molecule has 0 fully saturated rings. The Morgan fingerprint density at radius 3 is 2.11 bits per heavy atom. The van der Waals surface area contributed by atoms with Crippen molar-refractivity contribution < 1.29 is 14.6 Å². The molecule has 0 saturated heterocycles. The molecule has 4 heteroatoms. The van der Waals surface area contributed by atoms with E-state index in [9.17, 15) is 5.11 Å². The van der Waals surface area contributed by atoms with Gasteiger partial charge in [0, 0.05) is 5.56 Å². The van der Waals surface area contributed by atoms with Crippen molar-refractivity contribution in [3.63, 3.8) is 0 Å². The van der Waals surface area contributed by atoms with Crippen LogP contribution in [-0.4, -0.2) is 19.3 Å². The maximum Gasteiger partial charge on any atom is 0.142 e. The van der Waals surface area contributed by atoms with Crippen molar-refractivity contribution in [3.8, 4) is 11.5 Å². The molecule has 108 valence electrons. The molecule has 0 unspecified atom stereocenters. The van der Waals surface area contributed by atoms with E-state index < -0.39 is 5.60 Å². The van der Waals surface area contributed by atoms with E-state index >= 15 is 0 Å². The third kappa shape index (κ3) is 3.42. The molecule has 0 amide bonds. The van der Waals surface area contributed by atoms with Crippen LogP contribution in [0.2, 0.25) is 0 Å². The minimum atomic E-state index is -0.844. The molecule has 0 bridgehead atoms. The smallest absolute Gasteiger partial charge is 0.142 e. The fourth-order valence-corrected chi connectivity index (χ4v) is 3.15. The molecular formula is C15H23BrO3. The molecule has 1 aromatic carbocycles. The van der Waals surface area contributed by atoms with Crippen LogP contribution in [-0.2, 0) is 5.60 Å². The Balaban J connectivity index is 3.34. The highest BCUT2D eigenvalue weighted by molar-refractivity contribution is 9.10. The predicted molar refractivity (Wildman–Crippen MR) is 81.0 cm³/mol. The van der Waals surface area contributed by atoms with E-state index in [0.29, 0.717) is 11.5 Å². The van der Waals surface area contributed by atoms with Crippen molar-refractivity contribution >= 4 is 15.9 Å². The summed E-state index contributed by atoms with van der Waals surface area (Å²) in [6.45, 7) is 4.15. The maximum atomic E-state index is 10.9. The quantitative estimate of drug-likeness (QED) is 0.812. The summed E-state index contributed by atoms with van der Waals surface area (Å²) in [7, 11) is 3.23. The van der Waals surface area contributed by atoms with Gasteiger partial charge in [0.2, 0.25) is 0 Å². The second-order valence-corrected chi connectivity index (χ2v) is 5.49. The van der Waals surface area contributed by atoms with E-state index in [2.05, 4.69) is 29.8 Å². The van der Waals surface area contributed by atoms with Crippen LogP contribution in [0.5, 0.6) is 11.5 Å². The summed E-state index contributed by atoms with van der Waals surface area (Å²) in [4.78, 5) is 0. The molecule has 1 N–H and O–H groups in total. The second-order valence-electron chi connectivity index (χ2n) is 4.69. The van der Waals surface area contributed by atoms with Gasteiger partial charge in [-0.25, -0.2) is 0 Å². The van der Waals surface area contributed by atoms with Gasteiger partial charge in [-0.05, 0) is 40.9 Å². The summed E-state index contributed by atoms with van der Waals surface area (Å²) in [5.74, 6) is 1.36. The molecule has 0 atom stereocenters. The van der Waals surface area contributed by atoms with Gasteiger partial charge in [-0.15, -0.1) is 0 Å². The highest BCUT2D eigenvalue weighted by Gasteiger charge is 2.32. The van der Waals surface area contributed by atoms with Crippen molar-refractivity contribution in [3.05, 3.63) is 22.2 Å². The van der Waals surface area contributed by atoms with Gasteiger partial charge >= 0.3 is 0 Å². The van der Waals surface area contributed by atoms with Crippen LogP contribution in [0.1, 0.15) is 45.1 Å². The third-order valence-corrected chi connectivity index (χ3v) is 4.07. The second kappa shape index (κ2) is 7.15. The fraction of sp³-hybridized carbons (Fsp3) is 0.600. The monoisotopic (exact) mass is 330 g/mol. The van der Waals surface area contributed by atoms with Gasteiger partial charge in [-0.2, -0.15) is 0 Å². The van der Waals surface area contributed by atoms with Gasteiger partial charge in [0.1, 0.15) is 16.0 Å². The number of hydrogen-bond acceptors (Lipinski definition) is 3. The lowest BCUT2D eigenvalue weighted by molar-refractivity contribution is 0.0146. The molecule has 0 saturated carbocycles. The highest BCUT2D eigenvalue weighted by atomic mass is 79.9. The largest absolute Gasteiger partial charge is 0.495 e. The van der Waals surface area contributed by atoms with Crippen molar-refractivity contribution in [2.24, 2.45) is 0 Å². The molecule has 0 radical (unpaired) electrons. The average molecular weight is 331 g/mol. The van der Waals surface area contributed by atoms with Crippen LogP contribution in [0.15, 0.2) is 16.6 Å². The number of halogens is 1. The predicted octanol–water partition coefficient (Wildman–Crippen LogP) is 4.25. The molecule has 0 aliphatic carbocycles. The molecule has 0 aliphatic rings. The Kier molecular flexibility index (Phi) is 6.14. The van der Waals surface area contributed by atoms with Crippen molar-refractivity contribution in [2.75, 3.05) is 14.2 Å². The van der Waals surface area contributed by atoms with E-state index in [-0.39, 0.29) is 0 Å². The molecule has 3 nitrogen and oxygen atoms in total. The Hall–Kier alpha value is -0.740. The SMILES string of the molecule is CCCC(O)(CCC)c1ccc(OC)c(Br)c1OC. The molecule has 1 rings (SSSR count). The fourth-order valence-electron chi connectivity index (χ4n) is 2.48. The van der Waals surface area contributed by atoms with Gasteiger partial charge < -0.3 is 14.6 Å². The first-order valence-corrected chi connectivity index (χ1v) is 7.46. The Morgan fingerprint density at radius 2 is 1.68 bits per heavy atom. The van der Waals surface area contributed by atoms with Crippen LogP contribution in [0, 0.1) is 0 Å². The first kappa shape index (κ1) is 16.3. The van der Waals surface area contributed by atoms with Crippen molar-refractivity contribution in [1.29, 1.82) is 0 Å². The van der Waals surface area contributed by atoms with Crippen LogP contribution in [0.3, 0.4) is 0 Å². The topological polar surface area (TPSA) is 38.7 Å².